The summed E-state index contributed by atoms with van der Waals surface area (Å²) in [4.78, 5) is 0.245. The number of aliphatic hydroxyl groups is 1. The minimum atomic E-state index is -3.44. The van der Waals surface area contributed by atoms with Crippen molar-refractivity contribution in [1.82, 2.24) is 4.72 Å². The van der Waals surface area contributed by atoms with Crippen molar-refractivity contribution in [3.05, 3.63) is 24.3 Å². The molecule has 0 amide bonds. The van der Waals surface area contributed by atoms with E-state index in [0.717, 1.165) is 12.8 Å². The minimum Gasteiger partial charge on any atom is -0.494 e. The SMILES string of the molecule is CC1(NS(=O)(=O)c2ccc(OCCCO)cc2)CC1. The number of rotatable bonds is 7. The first-order valence-electron chi connectivity index (χ1n) is 6.33. The zero-order valence-electron chi connectivity index (χ0n) is 10.9. The molecule has 1 aromatic rings. The molecule has 5 nitrogen and oxygen atoms in total. The summed E-state index contributed by atoms with van der Waals surface area (Å²) in [6.07, 6.45) is 2.32. The van der Waals surface area contributed by atoms with Crippen LogP contribution in [0.25, 0.3) is 0 Å². The predicted molar refractivity (Wildman–Crippen MR) is 71.6 cm³/mol. The third-order valence-electron chi connectivity index (χ3n) is 3.09. The zero-order valence-corrected chi connectivity index (χ0v) is 11.7. The minimum absolute atomic E-state index is 0.0783. The number of sulfonamides is 1. The van der Waals surface area contributed by atoms with E-state index in [-0.39, 0.29) is 17.0 Å². The molecule has 1 aromatic carbocycles. The topological polar surface area (TPSA) is 75.6 Å². The van der Waals surface area contributed by atoms with Crippen LogP contribution in [0.1, 0.15) is 26.2 Å². The fourth-order valence-electron chi connectivity index (χ4n) is 1.64. The summed E-state index contributed by atoms with van der Waals surface area (Å²) in [6, 6.07) is 6.31. The van der Waals surface area contributed by atoms with Crippen LogP contribution in [0.4, 0.5) is 0 Å². The van der Waals surface area contributed by atoms with E-state index >= 15 is 0 Å². The van der Waals surface area contributed by atoms with Gasteiger partial charge in [-0.1, -0.05) is 0 Å². The predicted octanol–water partition coefficient (Wildman–Crippen LogP) is 1.28. The smallest absolute Gasteiger partial charge is 0.241 e. The Kier molecular flexibility index (Phi) is 4.13. The van der Waals surface area contributed by atoms with Gasteiger partial charge in [0, 0.05) is 18.6 Å². The Morgan fingerprint density at radius 3 is 2.47 bits per heavy atom. The van der Waals surface area contributed by atoms with Crippen LogP contribution in [-0.2, 0) is 10.0 Å². The second kappa shape index (κ2) is 5.48. The normalized spacial score (nSPS) is 17.2. The van der Waals surface area contributed by atoms with Gasteiger partial charge in [-0.05, 0) is 44.0 Å². The lowest BCUT2D eigenvalue weighted by Crippen LogP contribution is -2.34. The van der Waals surface area contributed by atoms with Gasteiger partial charge in [0.15, 0.2) is 0 Å². The van der Waals surface area contributed by atoms with Gasteiger partial charge in [-0.15, -0.1) is 0 Å². The molecular formula is C13H19NO4S. The van der Waals surface area contributed by atoms with Gasteiger partial charge in [0.25, 0.3) is 0 Å². The van der Waals surface area contributed by atoms with Crippen molar-refractivity contribution < 1.29 is 18.3 Å². The highest BCUT2D eigenvalue weighted by atomic mass is 32.2. The summed E-state index contributed by atoms with van der Waals surface area (Å²) >= 11 is 0. The Morgan fingerprint density at radius 1 is 1.32 bits per heavy atom. The Morgan fingerprint density at radius 2 is 1.95 bits per heavy atom. The standard InChI is InChI=1S/C13H19NO4S/c1-13(7-8-13)14-19(16,17)12-5-3-11(4-6-12)18-10-2-9-15/h3-6,14-15H,2,7-10H2,1H3. The van der Waals surface area contributed by atoms with Crippen LogP contribution in [0.3, 0.4) is 0 Å². The summed E-state index contributed by atoms with van der Waals surface area (Å²) in [5.41, 5.74) is -0.269. The fraction of sp³-hybridized carbons (Fsp3) is 0.538. The van der Waals surface area contributed by atoms with Gasteiger partial charge in [0.2, 0.25) is 10.0 Å². The maximum absolute atomic E-state index is 12.1. The summed E-state index contributed by atoms with van der Waals surface area (Å²) in [5, 5.41) is 8.64. The van der Waals surface area contributed by atoms with Crippen molar-refractivity contribution in [3.8, 4) is 5.75 Å². The molecule has 1 saturated carbocycles. The third kappa shape index (κ3) is 3.92. The van der Waals surface area contributed by atoms with Gasteiger partial charge in [0.1, 0.15) is 5.75 Å². The van der Waals surface area contributed by atoms with E-state index in [2.05, 4.69) is 4.72 Å². The van der Waals surface area contributed by atoms with Crippen molar-refractivity contribution in [2.45, 2.75) is 36.6 Å². The molecule has 0 spiro atoms. The highest BCUT2D eigenvalue weighted by Crippen LogP contribution is 2.36. The number of hydrogen-bond donors (Lipinski definition) is 2. The highest BCUT2D eigenvalue weighted by molar-refractivity contribution is 7.89. The second-order valence-corrected chi connectivity index (χ2v) is 6.75. The Balaban J connectivity index is 2.01. The van der Waals surface area contributed by atoms with Crippen LogP contribution in [-0.4, -0.2) is 32.3 Å². The largest absolute Gasteiger partial charge is 0.494 e. The molecule has 6 heteroatoms. The number of aliphatic hydroxyl groups excluding tert-OH is 1. The van der Waals surface area contributed by atoms with Crippen LogP contribution in [0.2, 0.25) is 0 Å². The zero-order chi connectivity index (χ0) is 13.9. The first-order valence-corrected chi connectivity index (χ1v) is 7.81. The molecule has 1 aliphatic carbocycles. The molecule has 106 valence electrons. The Bertz CT molecular complexity index is 520. The van der Waals surface area contributed by atoms with Crippen molar-refractivity contribution in [3.63, 3.8) is 0 Å². The lowest BCUT2D eigenvalue weighted by atomic mass is 10.3. The summed E-state index contributed by atoms with van der Waals surface area (Å²) in [6.45, 7) is 2.39. The van der Waals surface area contributed by atoms with Gasteiger partial charge < -0.3 is 9.84 Å². The molecule has 0 unspecified atom stereocenters. The maximum Gasteiger partial charge on any atom is 0.241 e. The maximum atomic E-state index is 12.1. The first-order chi connectivity index (χ1) is 8.95. The molecule has 0 aromatic heterocycles. The monoisotopic (exact) mass is 285 g/mol. The summed E-state index contributed by atoms with van der Waals surface area (Å²) in [5.74, 6) is 0.602. The molecule has 1 fully saturated rings. The molecule has 2 rings (SSSR count). The van der Waals surface area contributed by atoms with Crippen LogP contribution in [0, 0.1) is 0 Å². The Labute approximate surface area is 113 Å². The first kappa shape index (κ1) is 14.3. The molecule has 0 aliphatic heterocycles. The molecule has 0 atom stereocenters. The second-order valence-electron chi connectivity index (χ2n) is 5.06. The number of hydrogen-bond acceptors (Lipinski definition) is 4. The van der Waals surface area contributed by atoms with E-state index in [1.54, 1.807) is 12.1 Å². The van der Waals surface area contributed by atoms with E-state index in [0.29, 0.717) is 18.8 Å². The van der Waals surface area contributed by atoms with E-state index in [9.17, 15) is 8.42 Å². The third-order valence-corrected chi connectivity index (χ3v) is 4.74. The van der Waals surface area contributed by atoms with Crippen molar-refractivity contribution in [2.75, 3.05) is 13.2 Å². The molecule has 0 heterocycles. The van der Waals surface area contributed by atoms with Crippen LogP contribution < -0.4 is 9.46 Å². The van der Waals surface area contributed by atoms with Crippen molar-refractivity contribution in [2.24, 2.45) is 0 Å². The number of benzene rings is 1. The van der Waals surface area contributed by atoms with Gasteiger partial charge in [-0.3, -0.25) is 0 Å². The van der Waals surface area contributed by atoms with E-state index in [1.807, 2.05) is 6.92 Å². The fourth-order valence-corrected chi connectivity index (χ4v) is 3.11. The molecule has 0 bridgehead atoms. The van der Waals surface area contributed by atoms with Crippen LogP contribution in [0.5, 0.6) is 5.75 Å². The molecule has 1 aliphatic rings. The number of ether oxygens (including phenoxy) is 1. The molecule has 0 saturated heterocycles. The van der Waals surface area contributed by atoms with Crippen LogP contribution >= 0.6 is 0 Å². The lowest BCUT2D eigenvalue weighted by molar-refractivity contribution is 0.233. The lowest BCUT2D eigenvalue weighted by Gasteiger charge is -2.12. The molecule has 19 heavy (non-hydrogen) atoms. The average Bonchev–Trinajstić information content (AvgIpc) is 3.07. The number of nitrogens with one attached hydrogen (secondary N) is 1. The molecule has 2 N–H and O–H groups in total. The quantitative estimate of drug-likeness (QED) is 0.740. The average molecular weight is 285 g/mol. The van der Waals surface area contributed by atoms with E-state index in [4.69, 9.17) is 9.84 Å². The van der Waals surface area contributed by atoms with Crippen molar-refractivity contribution in [1.29, 1.82) is 0 Å². The van der Waals surface area contributed by atoms with Gasteiger partial charge >= 0.3 is 0 Å². The van der Waals surface area contributed by atoms with E-state index in [1.165, 1.54) is 12.1 Å². The molecule has 0 radical (unpaired) electrons. The van der Waals surface area contributed by atoms with Gasteiger partial charge in [-0.2, -0.15) is 0 Å². The van der Waals surface area contributed by atoms with E-state index < -0.39 is 10.0 Å². The van der Waals surface area contributed by atoms with Crippen molar-refractivity contribution >= 4 is 10.0 Å². The summed E-state index contributed by atoms with van der Waals surface area (Å²) in [7, 11) is -3.44. The highest BCUT2D eigenvalue weighted by Gasteiger charge is 2.41. The molecular weight excluding hydrogens is 266 g/mol. The Hall–Kier alpha value is -1.11. The summed E-state index contributed by atoms with van der Waals surface area (Å²) < 4.78 is 32.2. The van der Waals surface area contributed by atoms with Gasteiger partial charge in [-0.25, -0.2) is 13.1 Å². The van der Waals surface area contributed by atoms with Crippen LogP contribution in [0.15, 0.2) is 29.2 Å². The van der Waals surface area contributed by atoms with Gasteiger partial charge in [0.05, 0.1) is 11.5 Å².